The van der Waals surface area contributed by atoms with Crippen molar-refractivity contribution < 1.29 is 14.3 Å². The number of terminal acetylenes is 1. The molecule has 1 amide bonds. The van der Waals surface area contributed by atoms with E-state index in [9.17, 15) is 9.59 Å². The topological polar surface area (TPSA) is 68.3 Å². The average Bonchev–Trinajstić information content (AvgIpc) is 2.64. The summed E-state index contributed by atoms with van der Waals surface area (Å²) in [5.41, 5.74) is 2.13. The van der Waals surface area contributed by atoms with E-state index in [4.69, 9.17) is 11.2 Å². The molecule has 0 atom stereocenters. The first-order valence-corrected chi connectivity index (χ1v) is 8.68. The van der Waals surface area contributed by atoms with E-state index in [1.165, 1.54) is 0 Å². The largest absolute Gasteiger partial charge is 0.452 e. The Morgan fingerprint density at radius 3 is 2.54 bits per heavy atom. The Morgan fingerprint density at radius 2 is 1.92 bits per heavy atom. The Kier molecular flexibility index (Phi) is 5.99. The molecule has 0 unspecified atom stereocenters. The number of carbonyl (C=O) groups excluding carboxylic acids is 2. The van der Waals surface area contributed by atoms with Crippen LogP contribution in [0.15, 0.2) is 24.3 Å². The van der Waals surface area contributed by atoms with Crippen molar-refractivity contribution in [3.8, 4) is 12.3 Å². The molecule has 0 aliphatic heterocycles. The van der Waals surface area contributed by atoms with Gasteiger partial charge in [-0.05, 0) is 44.9 Å². The quantitative estimate of drug-likeness (QED) is 0.640. The molecule has 0 bridgehead atoms. The number of rotatable bonds is 6. The molecule has 0 spiro atoms. The van der Waals surface area contributed by atoms with Crippen molar-refractivity contribution in [2.45, 2.75) is 46.1 Å². The first kappa shape index (κ1) is 19.5. The van der Waals surface area contributed by atoms with Gasteiger partial charge in [0.25, 0.3) is 5.91 Å². The molecule has 1 heterocycles. The molecule has 1 aromatic heterocycles. The minimum Gasteiger partial charge on any atom is -0.452 e. The lowest BCUT2D eigenvalue weighted by molar-refractivity contribution is -0.125. The fourth-order valence-corrected chi connectivity index (χ4v) is 2.82. The molecule has 26 heavy (non-hydrogen) atoms. The van der Waals surface area contributed by atoms with Crippen molar-refractivity contribution in [1.82, 2.24) is 10.3 Å². The van der Waals surface area contributed by atoms with Gasteiger partial charge < -0.3 is 10.1 Å². The molecule has 0 radical (unpaired) electrons. The third-order valence-electron chi connectivity index (χ3n) is 4.51. The zero-order valence-electron chi connectivity index (χ0n) is 15.7. The van der Waals surface area contributed by atoms with E-state index in [1.807, 2.05) is 45.9 Å². The van der Waals surface area contributed by atoms with Crippen molar-refractivity contribution in [2.75, 3.05) is 6.61 Å². The third-order valence-corrected chi connectivity index (χ3v) is 4.51. The van der Waals surface area contributed by atoms with Crippen molar-refractivity contribution in [3.05, 3.63) is 41.1 Å². The highest BCUT2D eigenvalue weighted by Crippen LogP contribution is 2.21. The van der Waals surface area contributed by atoms with Crippen LogP contribution in [0, 0.1) is 26.2 Å². The van der Waals surface area contributed by atoms with Crippen LogP contribution < -0.4 is 5.32 Å². The lowest BCUT2D eigenvalue weighted by Crippen LogP contribution is -2.48. The van der Waals surface area contributed by atoms with Crippen LogP contribution in [-0.2, 0) is 9.53 Å². The summed E-state index contributed by atoms with van der Waals surface area (Å²) >= 11 is 0. The highest BCUT2D eigenvalue weighted by molar-refractivity contribution is 6.04. The molecule has 1 N–H and O–H groups in total. The minimum absolute atomic E-state index is 0.378. The molecule has 0 aliphatic rings. The van der Waals surface area contributed by atoms with Gasteiger partial charge in [-0.15, -0.1) is 6.42 Å². The van der Waals surface area contributed by atoms with Gasteiger partial charge in [0.1, 0.15) is 5.54 Å². The summed E-state index contributed by atoms with van der Waals surface area (Å²) in [6.07, 6.45) is 6.75. The van der Waals surface area contributed by atoms with Crippen LogP contribution in [0.2, 0.25) is 0 Å². The molecule has 0 saturated carbocycles. The van der Waals surface area contributed by atoms with E-state index in [2.05, 4.69) is 16.2 Å². The first-order valence-electron chi connectivity index (χ1n) is 8.68. The zero-order valence-corrected chi connectivity index (χ0v) is 15.7. The van der Waals surface area contributed by atoms with Crippen LogP contribution >= 0.6 is 0 Å². The molecule has 2 aromatic rings. The summed E-state index contributed by atoms with van der Waals surface area (Å²) in [6.45, 7) is 7.19. The predicted octanol–water partition coefficient (Wildman–Crippen LogP) is 3.32. The van der Waals surface area contributed by atoms with Gasteiger partial charge in [0, 0.05) is 11.1 Å². The van der Waals surface area contributed by atoms with Crippen molar-refractivity contribution in [3.63, 3.8) is 0 Å². The van der Waals surface area contributed by atoms with E-state index in [1.54, 1.807) is 6.07 Å². The Bertz CT molecular complexity index is 877. The maximum Gasteiger partial charge on any atom is 0.339 e. The second-order valence-electron chi connectivity index (χ2n) is 6.39. The van der Waals surface area contributed by atoms with Crippen molar-refractivity contribution in [1.29, 1.82) is 0 Å². The summed E-state index contributed by atoms with van der Waals surface area (Å²) in [7, 11) is 0. The van der Waals surface area contributed by atoms with Crippen LogP contribution in [0.25, 0.3) is 10.9 Å². The zero-order chi connectivity index (χ0) is 19.3. The molecule has 5 nitrogen and oxygen atoms in total. The Hall–Kier alpha value is -2.87. The summed E-state index contributed by atoms with van der Waals surface area (Å²) in [5, 5.41) is 3.49. The number of aromatic nitrogens is 1. The van der Waals surface area contributed by atoms with E-state index in [0.29, 0.717) is 29.5 Å². The number of amides is 1. The molecular weight excluding hydrogens is 328 g/mol. The smallest absolute Gasteiger partial charge is 0.339 e. The fourth-order valence-electron chi connectivity index (χ4n) is 2.82. The minimum atomic E-state index is -0.708. The van der Waals surface area contributed by atoms with E-state index < -0.39 is 17.4 Å². The van der Waals surface area contributed by atoms with Gasteiger partial charge in [0.05, 0.1) is 11.1 Å². The number of hydrogen-bond acceptors (Lipinski definition) is 4. The van der Waals surface area contributed by atoms with Crippen LogP contribution in [0.3, 0.4) is 0 Å². The normalized spacial score (nSPS) is 11.0. The third kappa shape index (κ3) is 4.20. The molecule has 1 aromatic carbocycles. The molecule has 5 heteroatoms. The number of fused-ring (bicyclic) bond motifs is 1. The van der Waals surface area contributed by atoms with Crippen LogP contribution in [0.4, 0.5) is 0 Å². The summed E-state index contributed by atoms with van der Waals surface area (Å²) in [6, 6.07) is 7.36. The van der Waals surface area contributed by atoms with E-state index >= 15 is 0 Å². The molecule has 0 aliphatic carbocycles. The van der Waals surface area contributed by atoms with E-state index in [0.717, 1.165) is 11.1 Å². The standard InChI is InChI=1S/C21H24N2O3/c1-6-21(7-2,8-3)23-19(24)13-26-20(25)17-12-15(5)22-18-10-9-14(4)11-16(17)18/h1,9-12H,7-8,13H2,2-5H3,(H,23,24). The van der Waals surface area contributed by atoms with Gasteiger partial charge >= 0.3 is 5.97 Å². The van der Waals surface area contributed by atoms with Crippen LogP contribution in [-0.4, -0.2) is 29.0 Å². The monoisotopic (exact) mass is 352 g/mol. The second-order valence-corrected chi connectivity index (χ2v) is 6.39. The number of pyridine rings is 1. The van der Waals surface area contributed by atoms with E-state index in [-0.39, 0.29) is 6.61 Å². The van der Waals surface area contributed by atoms with Gasteiger partial charge in [-0.25, -0.2) is 4.79 Å². The number of carbonyl (C=O) groups is 2. The Balaban J connectivity index is 2.16. The molecular formula is C21H24N2O3. The lowest BCUT2D eigenvalue weighted by atomic mass is 9.94. The number of benzene rings is 1. The number of hydrogen-bond donors (Lipinski definition) is 1. The number of ether oxygens (including phenoxy) is 1. The average molecular weight is 352 g/mol. The number of nitrogens with zero attached hydrogens (tertiary/aromatic N) is 1. The maximum atomic E-state index is 12.5. The summed E-state index contributed by atoms with van der Waals surface area (Å²) in [5.74, 6) is 1.66. The molecule has 136 valence electrons. The summed E-state index contributed by atoms with van der Waals surface area (Å²) < 4.78 is 5.22. The predicted molar refractivity (Wildman–Crippen MR) is 102 cm³/mol. The molecule has 0 fully saturated rings. The molecule has 2 rings (SSSR count). The number of aryl methyl sites for hydroxylation is 2. The van der Waals surface area contributed by atoms with Gasteiger partial charge in [-0.1, -0.05) is 31.4 Å². The number of esters is 1. The number of nitrogens with one attached hydrogen (secondary N) is 1. The second kappa shape index (κ2) is 8.01. The van der Waals surface area contributed by atoms with Crippen molar-refractivity contribution >= 4 is 22.8 Å². The Morgan fingerprint density at radius 1 is 1.23 bits per heavy atom. The van der Waals surface area contributed by atoms with Crippen LogP contribution in [0.1, 0.15) is 48.3 Å². The van der Waals surface area contributed by atoms with Gasteiger partial charge in [0.15, 0.2) is 6.61 Å². The Labute approximate surface area is 154 Å². The maximum absolute atomic E-state index is 12.5. The highest BCUT2D eigenvalue weighted by Gasteiger charge is 2.26. The van der Waals surface area contributed by atoms with Gasteiger partial charge in [0.2, 0.25) is 0 Å². The first-order chi connectivity index (χ1) is 12.3. The van der Waals surface area contributed by atoms with Crippen molar-refractivity contribution in [2.24, 2.45) is 0 Å². The SMILES string of the molecule is C#CC(CC)(CC)NC(=O)COC(=O)c1cc(C)nc2ccc(C)cc12. The van der Waals surface area contributed by atoms with Gasteiger partial charge in [-0.3, -0.25) is 9.78 Å². The highest BCUT2D eigenvalue weighted by atomic mass is 16.5. The van der Waals surface area contributed by atoms with Gasteiger partial charge in [-0.2, -0.15) is 0 Å². The van der Waals surface area contributed by atoms with Crippen LogP contribution in [0.5, 0.6) is 0 Å². The lowest BCUT2D eigenvalue weighted by Gasteiger charge is -2.26. The fraction of sp³-hybridized carbons (Fsp3) is 0.381. The molecule has 0 saturated heterocycles. The summed E-state index contributed by atoms with van der Waals surface area (Å²) in [4.78, 5) is 29.1.